The van der Waals surface area contributed by atoms with Crippen LogP contribution in [0.25, 0.3) is 11.4 Å². The second kappa shape index (κ2) is 7.27. The van der Waals surface area contributed by atoms with Gasteiger partial charge in [-0.25, -0.2) is 4.98 Å². The molecule has 2 heterocycles. The van der Waals surface area contributed by atoms with E-state index in [-0.39, 0.29) is 23.9 Å². The molecule has 0 aliphatic heterocycles. The number of aromatic hydroxyl groups is 1. The molecule has 128 valence electrons. The van der Waals surface area contributed by atoms with Crippen molar-refractivity contribution >= 4 is 23.9 Å². The molecule has 3 rings (SSSR count). The topological polar surface area (TPSA) is 95.8 Å². The Morgan fingerprint density at radius 3 is 2.80 bits per heavy atom. The number of pyridine rings is 1. The number of H-pyrrole nitrogens is 1. The monoisotopic (exact) mass is 355 g/mol. The molecule has 0 unspecified atom stereocenters. The van der Waals surface area contributed by atoms with Crippen LogP contribution < -0.4 is 5.32 Å². The molecule has 0 aliphatic carbocycles. The molecule has 0 aliphatic rings. The van der Waals surface area contributed by atoms with Crippen molar-refractivity contribution in [3.8, 4) is 17.1 Å². The molecule has 0 spiro atoms. The summed E-state index contributed by atoms with van der Waals surface area (Å²) in [4.78, 5) is 16.0. The van der Waals surface area contributed by atoms with E-state index in [2.05, 4.69) is 20.5 Å². The highest BCUT2D eigenvalue weighted by molar-refractivity contribution is 7.71. The third-order valence-corrected chi connectivity index (χ3v) is 3.99. The number of carbonyl (C=O) groups excluding carboxylic acids is 1. The number of anilines is 1. The van der Waals surface area contributed by atoms with Gasteiger partial charge in [0, 0.05) is 24.7 Å². The van der Waals surface area contributed by atoms with Crippen LogP contribution in [0.15, 0.2) is 42.6 Å². The lowest BCUT2D eigenvalue weighted by molar-refractivity contribution is -0.116. The number of aromatic nitrogens is 4. The number of benzene rings is 1. The average molecular weight is 355 g/mol. The quantitative estimate of drug-likeness (QED) is 0.611. The number of amides is 1. The van der Waals surface area contributed by atoms with Crippen LogP contribution in [0, 0.1) is 11.7 Å². The van der Waals surface area contributed by atoms with Crippen LogP contribution in [0.2, 0.25) is 0 Å². The number of rotatable bonds is 5. The van der Waals surface area contributed by atoms with Crippen molar-refractivity contribution in [2.24, 2.45) is 0 Å². The zero-order valence-corrected chi connectivity index (χ0v) is 14.4. The lowest BCUT2D eigenvalue weighted by Crippen LogP contribution is -2.16. The number of hydrogen-bond donors (Lipinski definition) is 3. The Morgan fingerprint density at radius 1 is 1.32 bits per heavy atom. The van der Waals surface area contributed by atoms with Gasteiger partial charge in [-0.1, -0.05) is 29.8 Å². The minimum absolute atomic E-state index is 0.0730. The van der Waals surface area contributed by atoms with E-state index >= 15 is 0 Å². The molecule has 25 heavy (non-hydrogen) atoms. The van der Waals surface area contributed by atoms with E-state index in [0.717, 1.165) is 11.1 Å². The molecule has 0 fully saturated rings. The summed E-state index contributed by atoms with van der Waals surface area (Å²) in [6, 6.07) is 11.0. The first-order chi connectivity index (χ1) is 12.0. The van der Waals surface area contributed by atoms with Crippen molar-refractivity contribution in [1.29, 1.82) is 0 Å². The molecule has 7 nitrogen and oxygen atoms in total. The third-order valence-electron chi connectivity index (χ3n) is 3.67. The van der Waals surface area contributed by atoms with Gasteiger partial charge in [-0.3, -0.25) is 14.5 Å². The van der Waals surface area contributed by atoms with E-state index < -0.39 is 0 Å². The van der Waals surface area contributed by atoms with Gasteiger partial charge in [0.2, 0.25) is 5.91 Å². The third kappa shape index (κ3) is 3.92. The van der Waals surface area contributed by atoms with Gasteiger partial charge in [-0.2, -0.15) is 5.10 Å². The van der Waals surface area contributed by atoms with Crippen molar-refractivity contribution in [3.05, 3.63) is 52.9 Å². The van der Waals surface area contributed by atoms with Crippen LogP contribution in [0.3, 0.4) is 0 Å². The van der Waals surface area contributed by atoms with E-state index in [0.29, 0.717) is 17.1 Å². The Balaban J connectivity index is 1.72. The normalized spacial score (nSPS) is 10.6. The predicted octanol–water partition coefficient (Wildman–Crippen LogP) is 3.05. The summed E-state index contributed by atoms with van der Waals surface area (Å²) >= 11 is 5.26. The summed E-state index contributed by atoms with van der Waals surface area (Å²) in [6.07, 6.45) is 1.67. The zero-order chi connectivity index (χ0) is 17.8. The number of hydrogen-bond acceptors (Lipinski definition) is 5. The summed E-state index contributed by atoms with van der Waals surface area (Å²) in [5.74, 6) is 0.476. The smallest absolute Gasteiger partial charge is 0.227 e. The molecule has 0 atom stereocenters. The maximum atomic E-state index is 12.1. The van der Waals surface area contributed by atoms with Gasteiger partial charge < -0.3 is 10.4 Å². The van der Waals surface area contributed by atoms with Gasteiger partial charge in [-0.05, 0) is 31.3 Å². The van der Waals surface area contributed by atoms with Gasteiger partial charge in [0.25, 0.3) is 0 Å². The number of nitrogens with one attached hydrogen (secondary N) is 2. The lowest BCUT2D eigenvalue weighted by atomic mass is 10.1. The van der Waals surface area contributed by atoms with Crippen molar-refractivity contribution in [3.63, 3.8) is 0 Å². The summed E-state index contributed by atoms with van der Waals surface area (Å²) in [6.45, 7) is 2.37. The van der Waals surface area contributed by atoms with Gasteiger partial charge in [0.1, 0.15) is 0 Å². The fourth-order valence-corrected chi connectivity index (χ4v) is 2.57. The average Bonchev–Trinajstić information content (AvgIpc) is 2.96. The SMILES string of the molecule is Cc1ccc(-c2n[nH]c(=S)n2CCC(=O)Nc2ncccc2O)cc1. The number of aryl methyl sites for hydroxylation is 1. The largest absolute Gasteiger partial charge is 0.504 e. The van der Waals surface area contributed by atoms with E-state index in [1.165, 1.54) is 12.3 Å². The molecule has 1 amide bonds. The first kappa shape index (κ1) is 16.8. The fraction of sp³-hybridized carbons (Fsp3) is 0.176. The maximum Gasteiger partial charge on any atom is 0.227 e. The van der Waals surface area contributed by atoms with E-state index in [9.17, 15) is 9.90 Å². The highest BCUT2D eigenvalue weighted by Gasteiger charge is 2.12. The number of aromatic amines is 1. The highest BCUT2D eigenvalue weighted by atomic mass is 32.1. The first-order valence-corrected chi connectivity index (χ1v) is 8.11. The second-order valence-electron chi connectivity index (χ2n) is 5.54. The van der Waals surface area contributed by atoms with Gasteiger partial charge in [-0.15, -0.1) is 0 Å². The molecule has 0 radical (unpaired) electrons. The van der Waals surface area contributed by atoms with Gasteiger partial charge >= 0.3 is 0 Å². The molecular formula is C17H17N5O2S. The minimum Gasteiger partial charge on any atom is -0.504 e. The van der Waals surface area contributed by atoms with E-state index in [1.54, 1.807) is 10.6 Å². The van der Waals surface area contributed by atoms with Crippen molar-refractivity contribution in [2.45, 2.75) is 19.9 Å². The second-order valence-corrected chi connectivity index (χ2v) is 5.93. The molecule has 1 aromatic carbocycles. The Hall–Kier alpha value is -3.00. The summed E-state index contributed by atoms with van der Waals surface area (Å²) in [7, 11) is 0. The van der Waals surface area contributed by atoms with Crippen LogP contribution in [0.4, 0.5) is 5.82 Å². The summed E-state index contributed by atoms with van der Waals surface area (Å²) in [5, 5.41) is 19.3. The maximum absolute atomic E-state index is 12.1. The fourth-order valence-electron chi connectivity index (χ4n) is 2.35. The Kier molecular flexibility index (Phi) is 4.90. The Labute approximate surface area is 149 Å². The molecule has 3 N–H and O–H groups in total. The summed E-state index contributed by atoms with van der Waals surface area (Å²) < 4.78 is 2.22. The van der Waals surface area contributed by atoms with Crippen LogP contribution in [-0.2, 0) is 11.3 Å². The summed E-state index contributed by atoms with van der Waals surface area (Å²) in [5.41, 5.74) is 2.07. The predicted molar refractivity (Wildman–Crippen MR) is 96.7 cm³/mol. The Morgan fingerprint density at radius 2 is 2.08 bits per heavy atom. The lowest BCUT2D eigenvalue weighted by Gasteiger charge is -2.08. The van der Waals surface area contributed by atoms with Crippen LogP contribution in [0.1, 0.15) is 12.0 Å². The van der Waals surface area contributed by atoms with Crippen molar-refractivity contribution in [1.82, 2.24) is 19.7 Å². The highest BCUT2D eigenvalue weighted by Crippen LogP contribution is 2.20. The van der Waals surface area contributed by atoms with Crippen LogP contribution in [0.5, 0.6) is 5.75 Å². The number of nitrogens with zero attached hydrogens (tertiary/aromatic N) is 3. The van der Waals surface area contributed by atoms with Crippen LogP contribution >= 0.6 is 12.2 Å². The zero-order valence-electron chi connectivity index (χ0n) is 13.6. The minimum atomic E-state index is -0.271. The first-order valence-electron chi connectivity index (χ1n) is 7.70. The van der Waals surface area contributed by atoms with Crippen molar-refractivity contribution < 1.29 is 9.90 Å². The van der Waals surface area contributed by atoms with Crippen LogP contribution in [-0.4, -0.2) is 30.8 Å². The molecule has 2 aromatic heterocycles. The van der Waals surface area contributed by atoms with E-state index in [1.807, 2.05) is 31.2 Å². The molecule has 8 heteroatoms. The molecule has 0 saturated carbocycles. The molecule has 0 bridgehead atoms. The van der Waals surface area contributed by atoms with Gasteiger partial charge in [0.05, 0.1) is 0 Å². The van der Waals surface area contributed by atoms with Gasteiger partial charge in [0.15, 0.2) is 22.2 Å². The van der Waals surface area contributed by atoms with Crippen molar-refractivity contribution in [2.75, 3.05) is 5.32 Å². The number of carbonyl (C=O) groups is 1. The molecule has 0 saturated heterocycles. The molecular weight excluding hydrogens is 338 g/mol. The molecule has 3 aromatic rings. The standard InChI is InChI=1S/C17H17N5O2S/c1-11-4-6-12(7-5-11)16-20-21-17(25)22(16)10-8-14(24)19-15-13(23)3-2-9-18-15/h2-7,9,23H,8,10H2,1H3,(H,21,25)(H,18,19,24). The van der Waals surface area contributed by atoms with E-state index in [4.69, 9.17) is 12.2 Å². The Bertz CT molecular complexity index is 946.